The molecule has 0 radical (unpaired) electrons. The number of hydrogen-bond acceptors (Lipinski definition) is 4. The standard InChI is InChI=1S/C23H26N4O3S/c1-17-8-6-11-20(16-17)24-23(28)27-13-7-12-26(14-15-27)22-18(2)21(31(29,30)25-22)19-9-4-3-5-10-19/h3-6,8-11,16H,7,12-15H2,1-2H3,(H,24,28). The number of nitrogens with one attached hydrogen (secondary N) is 1. The predicted molar refractivity (Wildman–Crippen MR) is 123 cm³/mol. The average Bonchev–Trinajstić information content (AvgIpc) is 2.89. The van der Waals surface area contributed by atoms with E-state index in [0.29, 0.717) is 43.2 Å². The van der Waals surface area contributed by atoms with E-state index in [-0.39, 0.29) is 10.9 Å². The van der Waals surface area contributed by atoms with Crippen LogP contribution in [0.5, 0.6) is 0 Å². The Balaban J connectivity index is 1.49. The molecule has 0 bridgehead atoms. The van der Waals surface area contributed by atoms with E-state index >= 15 is 0 Å². The van der Waals surface area contributed by atoms with Gasteiger partial charge in [-0.3, -0.25) is 0 Å². The van der Waals surface area contributed by atoms with E-state index in [1.807, 2.05) is 54.3 Å². The summed E-state index contributed by atoms with van der Waals surface area (Å²) in [5.41, 5.74) is 3.15. The molecule has 0 unspecified atom stereocenters. The molecule has 8 heteroatoms. The Labute approximate surface area is 183 Å². The molecule has 2 aliphatic heterocycles. The highest BCUT2D eigenvalue weighted by Gasteiger charge is 2.34. The van der Waals surface area contributed by atoms with Crippen molar-refractivity contribution in [3.8, 4) is 0 Å². The van der Waals surface area contributed by atoms with Gasteiger partial charge in [0.2, 0.25) is 0 Å². The van der Waals surface area contributed by atoms with Gasteiger partial charge in [-0.1, -0.05) is 42.5 Å². The lowest BCUT2D eigenvalue weighted by atomic mass is 10.1. The second-order valence-electron chi connectivity index (χ2n) is 7.84. The van der Waals surface area contributed by atoms with Crippen molar-refractivity contribution in [1.82, 2.24) is 9.80 Å². The number of anilines is 1. The number of benzene rings is 2. The molecule has 1 fully saturated rings. The van der Waals surface area contributed by atoms with Crippen molar-refractivity contribution in [3.63, 3.8) is 0 Å². The third kappa shape index (κ3) is 4.49. The molecule has 0 saturated carbocycles. The maximum atomic E-state index is 12.8. The van der Waals surface area contributed by atoms with Crippen LogP contribution in [0.4, 0.5) is 10.5 Å². The molecule has 2 aliphatic rings. The molecule has 0 aliphatic carbocycles. The third-order valence-corrected chi connectivity index (χ3v) is 7.00. The van der Waals surface area contributed by atoms with Gasteiger partial charge in [0.25, 0.3) is 10.0 Å². The first kappa shape index (κ1) is 21.1. The molecular weight excluding hydrogens is 412 g/mol. The Morgan fingerprint density at radius 1 is 0.968 bits per heavy atom. The van der Waals surface area contributed by atoms with E-state index in [9.17, 15) is 13.2 Å². The zero-order valence-electron chi connectivity index (χ0n) is 17.7. The molecule has 4 rings (SSSR count). The topological polar surface area (TPSA) is 82.1 Å². The van der Waals surface area contributed by atoms with E-state index in [1.165, 1.54) is 0 Å². The van der Waals surface area contributed by atoms with Gasteiger partial charge in [-0.05, 0) is 43.5 Å². The van der Waals surface area contributed by atoms with E-state index in [2.05, 4.69) is 9.71 Å². The smallest absolute Gasteiger partial charge is 0.321 e. The fraction of sp³-hybridized carbons (Fsp3) is 0.304. The van der Waals surface area contributed by atoms with Gasteiger partial charge < -0.3 is 15.1 Å². The molecule has 0 aromatic heterocycles. The summed E-state index contributed by atoms with van der Waals surface area (Å²) in [4.78, 5) is 16.7. The minimum atomic E-state index is -3.74. The Morgan fingerprint density at radius 3 is 2.48 bits per heavy atom. The van der Waals surface area contributed by atoms with Gasteiger partial charge in [0.15, 0.2) is 0 Å². The largest absolute Gasteiger partial charge is 0.354 e. The summed E-state index contributed by atoms with van der Waals surface area (Å²) in [5, 5.41) is 2.95. The molecule has 2 heterocycles. The highest BCUT2D eigenvalue weighted by Crippen LogP contribution is 2.33. The maximum Gasteiger partial charge on any atom is 0.321 e. The van der Waals surface area contributed by atoms with Crippen molar-refractivity contribution in [1.29, 1.82) is 0 Å². The summed E-state index contributed by atoms with van der Waals surface area (Å²) >= 11 is 0. The van der Waals surface area contributed by atoms with Crippen molar-refractivity contribution in [2.45, 2.75) is 20.3 Å². The lowest BCUT2D eigenvalue weighted by molar-refractivity contribution is 0.214. The summed E-state index contributed by atoms with van der Waals surface area (Å²) in [7, 11) is -3.74. The molecule has 0 spiro atoms. The fourth-order valence-corrected chi connectivity index (χ4v) is 5.51. The second kappa shape index (κ2) is 8.55. The number of amides is 2. The summed E-state index contributed by atoms with van der Waals surface area (Å²) in [6.45, 7) is 6.04. The third-order valence-electron chi connectivity index (χ3n) is 5.53. The van der Waals surface area contributed by atoms with Crippen molar-refractivity contribution in [2.24, 2.45) is 4.40 Å². The first-order chi connectivity index (χ1) is 14.8. The highest BCUT2D eigenvalue weighted by molar-refractivity contribution is 8.00. The molecule has 2 amide bonds. The van der Waals surface area contributed by atoms with E-state index < -0.39 is 10.0 Å². The number of hydrogen-bond donors (Lipinski definition) is 1. The van der Waals surface area contributed by atoms with Gasteiger partial charge in [0, 0.05) is 37.4 Å². The van der Waals surface area contributed by atoms with Crippen LogP contribution in [0.1, 0.15) is 24.5 Å². The maximum absolute atomic E-state index is 12.8. The minimum Gasteiger partial charge on any atom is -0.354 e. The Bertz CT molecular complexity index is 1160. The molecule has 0 atom stereocenters. The number of nitrogens with zero attached hydrogens (tertiary/aromatic N) is 3. The van der Waals surface area contributed by atoms with E-state index in [1.54, 1.807) is 24.0 Å². The van der Waals surface area contributed by atoms with Crippen LogP contribution >= 0.6 is 0 Å². The number of amidine groups is 1. The monoisotopic (exact) mass is 438 g/mol. The van der Waals surface area contributed by atoms with Crippen LogP contribution in [0.2, 0.25) is 0 Å². The van der Waals surface area contributed by atoms with Crippen LogP contribution < -0.4 is 5.32 Å². The van der Waals surface area contributed by atoms with Crippen LogP contribution in [-0.2, 0) is 10.0 Å². The van der Waals surface area contributed by atoms with Gasteiger partial charge in [-0.2, -0.15) is 8.42 Å². The van der Waals surface area contributed by atoms with Crippen LogP contribution in [0, 0.1) is 6.92 Å². The number of urea groups is 1. The number of carbonyl (C=O) groups is 1. The Hall–Kier alpha value is -3.13. The van der Waals surface area contributed by atoms with Gasteiger partial charge >= 0.3 is 6.03 Å². The number of carbonyl (C=O) groups excluding carboxylic acids is 1. The predicted octanol–water partition coefficient (Wildman–Crippen LogP) is 3.71. The quantitative estimate of drug-likeness (QED) is 0.775. The van der Waals surface area contributed by atoms with Crippen LogP contribution in [0.3, 0.4) is 0 Å². The Kier molecular flexibility index (Phi) is 5.82. The van der Waals surface area contributed by atoms with Crippen molar-refractivity contribution >= 4 is 32.5 Å². The first-order valence-corrected chi connectivity index (χ1v) is 11.8. The number of aryl methyl sites for hydroxylation is 1. The fourth-order valence-electron chi connectivity index (χ4n) is 4.03. The normalized spacial score (nSPS) is 18.6. The highest BCUT2D eigenvalue weighted by atomic mass is 32.2. The SMILES string of the molecule is CC1=C(c2ccccc2)S(=O)(=O)N=C1N1CCCN(C(=O)Nc2cccc(C)c2)CC1. The molecule has 7 nitrogen and oxygen atoms in total. The molecule has 1 saturated heterocycles. The van der Waals surface area contributed by atoms with Crippen molar-refractivity contribution < 1.29 is 13.2 Å². The summed E-state index contributed by atoms with van der Waals surface area (Å²) in [6.07, 6.45) is 0.730. The number of sulfonamides is 1. The van der Waals surface area contributed by atoms with E-state index in [0.717, 1.165) is 17.7 Å². The van der Waals surface area contributed by atoms with Crippen molar-refractivity contribution in [2.75, 3.05) is 31.5 Å². The average molecular weight is 439 g/mol. The van der Waals surface area contributed by atoms with Crippen LogP contribution in [-0.4, -0.2) is 56.3 Å². The zero-order chi connectivity index (χ0) is 22.0. The lowest BCUT2D eigenvalue weighted by Gasteiger charge is -2.24. The molecule has 162 valence electrons. The van der Waals surface area contributed by atoms with Crippen LogP contribution in [0.25, 0.3) is 4.91 Å². The molecule has 31 heavy (non-hydrogen) atoms. The van der Waals surface area contributed by atoms with Gasteiger partial charge in [0.1, 0.15) is 10.7 Å². The summed E-state index contributed by atoms with van der Waals surface area (Å²) in [6, 6.07) is 16.6. The summed E-state index contributed by atoms with van der Waals surface area (Å²) < 4.78 is 29.6. The molecular formula is C23H26N4O3S. The molecule has 2 aromatic carbocycles. The molecule has 1 N–H and O–H groups in total. The first-order valence-electron chi connectivity index (χ1n) is 10.3. The second-order valence-corrected chi connectivity index (χ2v) is 9.38. The lowest BCUT2D eigenvalue weighted by Crippen LogP contribution is -2.39. The molecule has 2 aromatic rings. The van der Waals surface area contributed by atoms with Crippen LogP contribution in [0.15, 0.2) is 64.6 Å². The van der Waals surface area contributed by atoms with E-state index in [4.69, 9.17) is 0 Å². The minimum absolute atomic E-state index is 0.148. The zero-order valence-corrected chi connectivity index (χ0v) is 18.5. The summed E-state index contributed by atoms with van der Waals surface area (Å²) in [5.74, 6) is 0.486. The van der Waals surface area contributed by atoms with Gasteiger partial charge in [-0.15, -0.1) is 4.40 Å². The van der Waals surface area contributed by atoms with Gasteiger partial charge in [0.05, 0.1) is 0 Å². The van der Waals surface area contributed by atoms with Crippen molar-refractivity contribution in [3.05, 3.63) is 71.3 Å². The number of rotatable bonds is 2. The Morgan fingerprint density at radius 2 is 1.74 bits per heavy atom. The van der Waals surface area contributed by atoms with Gasteiger partial charge in [-0.25, -0.2) is 4.79 Å².